The van der Waals surface area contributed by atoms with Gasteiger partial charge in [0.2, 0.25) is 0 Å². The van der Waals surface area contributed by atoms with Gasteiger partial charge in [-0.1, -0.05) is 6.07 Å². The maximum atomic E-state index is 9.14. The zero-order valence-corrected chi connectivity index (χ0v) is 12.5. The smallest absolute Gasteiger partial charge is 0.188 e. The van der Waals surface area contributed by atoms with E-state index in [1.165, 1.54) is 0 Å². The van der Waals surface area contributed by atoms with Crippen LogP contribution in [-0.2, 0) is 13.2 Å². The maximum Gasteiger partial charge on any atom is 0.188 e. The summed E-state index contributed by atoms with van der Waals surface area (Å²) in [6.45, 7) is 0.454. The summed E-state index contributed by atoms with van der Waals surface area (Å²) >= 11 is 0. The van der Waals surface area contributed by atoms with Crippen molar-refractivity contribution in [2.75, 3.05) is 13.7 Å². The Bertz CT molecular complexity index is 756. The fourth-order valence-electron chi connectivity index (χ4n) is 2.04. The van der Waals surface area contributed by atoms with E-state index in [1.54, 1.807) is 24.1 Å². The van der Waals surface area contributed by atoms with E-state index >= 15 is 0 Å². The standard InChI is InChI=1S/C14H16N6O3/c1-22-10-3-2-4-11(7-10)23-9-13-16-14(12-8-15-19-17-12)20(18-13)5-6-21/h2-4,7-8,21H,5-6,9H2,1H3,(H,15,17,19). The van der Waals surface area contributed by atoms with Crippen LogP contribution in [0.3, 0.4) is 0 Å². The van der Waals surface area contributed by atoms with E-state index in [-0.39, 0.29) is 13.2 Å². The molecule has 120 valence electrons. The molecule has 0 unspecified atom stereocenters. The molecule has 0 atom stereocenters. The number of hydrogen-bond acceptors (Lipinski definition) is 7. The van der Waals surface area contributed by atoms with Gasteiger partial charge in [-0.2, -0.15) is 20.5 Å². The molecular weight excluding hydrogens is 300 g/mol. The van der Waals surface area contributed by atoms with Gasteiger partial charge < -0.3 is 14.6 Å². The molecule has 1 aromatic carbocycles. The molecule has 9 heteroatoms. The van der Waals surface area contributed by atoms with Gasteiger partial charge in [-0.25, -0.2) is 9.67 Å². The fraction of sp³-hybridized carbons (Fsp3) is 0.286. The Balaban J connectivity index is 1.76. The van der Waals surface area contributed by atoms with Gasteiger partial charge in [0.25, 0.3) is 0 Å². The van der Waals surface area contributed by atoms with Crippen LogP contribution in [0.25, 0.3) is 11.5 Å². The average molecular weight is 316 g/mol. The molecule has 0 saturated carbocycles. The zero-order chi connectivity index (χ0) is 16.1. The SMILES string of the molecule is COc1cccc(OCc2nc(-c3cn[nH]n3)n(CCO)n2)c1. The first-order valence-corrected chi connectivity index (χ1v) is 6.97. The fourth-order valence-corrected chi connectivity index (χ4v) is 2.04. The van der Waals surface area contributed by atoms with E-state index in [4.69, 9.17) is 14.6 Å². The molecule has 0 bridgehead atoms. The van der Waals surface area contributed by atoms with Crippen molar-refractivity contribution in [3.05, 3.63) is 36.3 Å². The Morgan fingerprint density at radius 3 is 2.91 bits per heavy atom. The summed E-state index contributed by atoms with van der Waals surface area (Å²) in [6, 6.07) is 7.28. The van der Waals surface area contributed by atoms with Crippen LogP contribution >= 0.6 is 0 Å². The Kier molecular flexibility index (Phi) is 4.48. The second kappa shape index (κ2) is 6.88. The maximum absolute atomic E-state index is 9.14. The Hall–Kier alpha value is -2.94. The minimum Gasteiger partial charge on any atom is -0.497 e. The highest BCUT2D eigenvalue weighted by Gasteiger charge is 2.14. The molecule has 3 rings (SSSR count). The van der Waals surface area contributed by atoms with Crippen molar-refractivity contribution in [2.24, 2.45) is 0 Å². The topological polar surface area (TPSA) is 111 Å². The third-order valence-corrected chi connectivity index (χ3v) is 3.08. The van der Waals surface area contributed by atoms with Gasteiger partial charge in [0.05, 0.1) is 26.5 Å². The van der Waals surface area contributed by atoms with Crippen molar-refractivity contribution >= 4 is 0 Å². The number of rotatable bonds is 7. The summed E-state index contributed by atoms with van der Waals surface area (Å²) < 4.78 is 12.4. The molecule has 0 fully saturated rings. The molecule has 9 nitrogen and oxygen atoms in total. The van der Waals surface area contributed by atoms with Crippen molar-refractivity contribution in [3.63, 3.8) is 0 Å². The van der Waals surface area contributed by atoms with Crippen LogP contribution in [0, 0.1) is 0 Å². The van der Waals surface area contributed by atoms with E-state index in [1.807, 2.05) is 18.2 Å². The van der Waals surface area contributed by atoms with Gasteiger partial charge in [-0.05, 0) is 12.1 Å². The van der Waals surface area contributed by atoms with Crippen LogP contribution in [0.2, 0.25) is 0 Å². The molecule has 0 radical (unpaired) electrons. The lowest BCUT2D eigenvalue weighted by Crippen LogP contribution is -2.07. The molecule has 3 aromatic rings. The average Bonchev–Trinajstić information content (AvgIpc) is 3.23. The first kappa shape index (κ1) is 15.0. The molecule has 0 aliphatic heterocycles. The van der Waals surface area contributed by atoms with E-state index in [0.717, 1.165) is 0 Å². The molecule has 23 heavy (non-hydrogen) atoms. The van der Waals surface area contributed by atoms with Crippen LogP contribution in [0.1, 0.15) is 5.82 Å². The number of aliphatic hydroxyl groups is 1. The van der Waals surface area contributed by atoms with Gasteiger partial charge in [-0.3, -0.25) is 0 Å². The quantitative estimate of drug-likeness (QED) is 0.658. The van der Waals surface area contributed by atoms with E-state index < -0.39 is 0 Å². The van der Waals surface area contributed by atoms with E-state index in [2.05, 4.69) is 25.5 Å². The monoisotopic (exact) mass is 316 g/mol. The van der Waals surface area contributed by atoms with Crippen LogP contribution in [0.4, 0.5) is 0 Å². The molecule has 0 aliphatic rings. The molecule has 0 spiro atoms. The second-order valence-corrected chi connectivity index (χ2v) is 4.62. The third kappa shape index (κ3) is 3.46. The lowest BCUT2D eigenvalue weighted by molar-refractivity contribution is 0.266. The summed E-state index contributed by atoms with van der Waals surface area (Å²) in [4.78, 5) is 4.39. The highest BCUT2D eigenvalue weighted by Crippen LogP contribution is 2.20. The summed E-state index contributed by atoms with van der Waals surface area (Å²) in [5, 5.41) is 23.7. The van der Waals surface area contributed by atoms with Gasteiger partial charge in [0, 0.05) is 6.07 Å². The highest BCUT2D eigenvalue weighted by atomic mass is 16.5. The molecule has 2 N–H and O–H groups in total. The number of methoxy groups -OCH3 is 1. The summed E-state index contributed by atoms with van der Waals surface area (Å²) in [6.07, 6.45) is 1.55. The summed E-state index contributed by atoms with van der Waals surface area (Å²) in [5.41, 5.74) is 0.554. The number of H-pyrrole nitrogens is 1. The van der Waals surface area contributed by atoms with E-state index in [0.29, 0.717) is 35.4 Å². The first-order valence-electron chi connectivity index (χ1n) is 6.97. The molecule has 0 saturated heterocycles. The predicted molar refractivity (Wildman–Crippen MR) is 79.8 cm³/mol. The largest absolute Gasteiger partial charge is 0.497 e. The normalized spacial score (nSPS) is 10.7. The van der Waals surface area contributed by atoms with E-state index in [9.17, 15) is 0 Å². The number of nitrogens with zero attached hydrogens (tertiary/aromatic N) is 5. The number of aromatic nitrogens is 6. The van der Waals surface area contributed by atoms with Crippen LogP contribution in [0.5, 0.6) is 11.5 Å². The molecule has 0 aliphatic carbocycles. The number of benzene rings is 1. The molecular formula is C14H16N6O3. The molecule has 2 aromatic heterocycles. The van der Waals surface area contributed by atoms with Gasteiger partial charge >= 0.3 is 0 Å². The van der Waals surface area contributed by atoms with Gasteiger partial charge in [-0.15, -0.1) is 0 Å². The van der Waals surface area contributed by atoms with Crippen molar-refractivity contribution in [1.29, 1.82) is 0 Å². The van der Waals surface area contributed by atoms with Crippen LogP contribution in [0.15, 0.2) is 30.5 Å². The van der Waals surface area contributed by atoms with Crippen molar-refractivity contribution in [1.82, 2.24) is 30.2 Å². The number of hydrogen-bond donors (Lipinski definition) is 2. The number of ether oxygens (including phenoxy) is 2. The minimum atomic E-state index is -0.0512. The lowest BCUT2D eigenvalue weighted by Gasteiger charge is -2.05. The zero-order valence-electron chi connectivity index (χ0n) is 12.5. The lowest BCUT2D eigenvalue weighted by atomic mass is 10.3. The minimum absolute atomic E-state index is 0.0512. The Labute approximate surface area is 131 Å². The predicted octanol–water partition coefficient (Wildman–Crippen LogP) is 0.643. The Morgan fingerprint density at radius 1 is 1.30 bits per heavy atom. The van der Waals surface area contributed by atoms with Gasteiger partial charge in [0.15, 0.2) is 11.6 Å². The number of nitrogens with one attached hydrogen (secondary N) is 1. The second-order valence-electron chi connectivity index (χ2n) is 4.62. The highest BCUT2D eigenvalue weighted by molar-refractivity contribution is 5.46. The summed E-state index contributed by atoms with van der Waals surface area (Å²) in [5.74, 6) is 2.38. The number of aromatic amines is 1. The molecule has 2 heterocycles. The van der Waals surface area contributed by atoms with Crippen LogP contribution < -0.4 is 9.47 Å². The van der Waals surface area contributed by atoms with Crippen LogP contribution in [-0.4, -0.2) is 49.0 Å². The third-order valence-electron chi connectivity index (χ3n) is 3.08. The first-order chi connectivity index (χ1) is 11.3. The number of aliphatic hydroxyl groups excluding tert-OH is 1. The van der Waals surface area contributed by atoms with Crippen molar-refractivity contribution < 1.29 is 14.6 Å². The molecule has 0 amide bonds. The van der Waals surface area contributed by atoms with Gasteiger partial charge in [0.1, 0.15) is 23.8 Å². The Morgan fingerprint density at radius 2 is 2.17 bits per heavy atom. The van der Waals surface area contributed by atoms with Crippen molar-refractivity contribution in [2.45, 2.75) is 13.2 Å². The van der Waals surface area contributed by atoms with Crippen molar-refractivity contribution in [3.8, 4) is 23.0 Å². The summed E-state index contributed by atoms with van der Waals surface area (Å²) in [7, 11) is 1.60.